The highest BCUT2D eigenvalue weighted by Crippen LogP contribution is 2.18. The normalized spacial score (nSPS) is 16.6. The zero-order valence-electron chi connectivity index (χ0n) is 11.6. The predicted octanol–water partition coefficient (Wildman–Crippen LogP) is 3.19. The summed E-state index contributed by atoms with van der Waals surface area (Å²) in [5, 5.41) is 12.8. The minimum atomic E-state index is 0.495. The van der Waals surface area contributed by atoms with Crippen molar-refractivity contribution in [2.45, 2.75) is 52.0 Å². The van der Waals surface area contributed by atoms with Crippen molar-refractivity contribution in [2.24, 2.45) is 11.0 Å². The summed E-state index contributed by atoms with van der Waals surface area (Å²) in [6.45, 7) is 4.32. The quantitative estimate of drug-likeness (QED) is 0.666. The van der Waals surface area contributed by atoms with Crippen molar-refractivity contribution in [3.8, 4) is 0 Å². The summed E-state index contributed by atoms with van der Waals surface area (Å²) < 4.78 is 0. The average molecular weight is 281 g/mol. The van der Waals surface area contributed by atoms with Crippen LogP contribution in [0, 0.1) is 5.92 Å². The molecule has 0 amide bonds. The minimum absolute atomic E-state index is 0.495. The van der Waals surface area contributed by atoms with Crippen LogP contribution >= 0.6 is 11.6 Å². The molecule has 4 nitrogen and oxygen atoms in total. The van der Waals surface area contributed by atoms with Crippen molar-refractivity contribution < 1.29 is 0 Å². The molecule has 0 bridgehead atoms. The van der Waals surface area contributed by atoms with Crippen LogP contribution < -0.4 is 5.43 Å². The second-order valence-corrected chi connectivity index (χ2v) is 5.91. The third kappa shape index (κ3) is 4.46. The summed E-state index contributed by atoms with van der Waals surface area (Å²) in [7, 11) is 0. The van der Waals surface area contributed by atoms with Crippen LogP contribution in [0.25, 0.3) is 0 Å². The summed E-state index contributed by atoms with van der Waals surface area (Å²) in [6.07, 6.45) is 7.65. The number of halogens is 1. The second kappa shape index (κ2) is 6.85. The van der Waals surface area contributed by atoms with E-state index in [1.54, 1.807) is 6.21 Å². The van der Waals surface area contributed by atoms with Gasteiger partial charge in [-0.2, -0.15) is 5.10 Å². The summed E-state index contributed by atoms with van der Waals surface area (Å²) in [4.78, 5) is 0. The second-order valence-electron chi connectivity index (χ2n) is 5.55. The van der Waals surface area contributed by atoms with Gasteiger partial charge < -0.3 is 5.43 Å². The van der Waals surface area contributed by atoms with Crippen LogP contribution in [0.1, 0.15) is 50.8 Å². The van der Waals surface area contributed by atoms with Crippen molar-refractivity contribution in [3.05, 3.63) is 22.5 Å². The lowest BCUT2D eigenvalue weighted by atomic mass is 10.0. The zero-order valence-corrected chi connectivity index (χ0v) is 12.3. The molecule has 1 N–H and O–H groups in total. The van der Waals surface area contributed by atoms with E-state index in [-0.39, 0.29) is 0 Å². The molecule has 1 aliphatic rings. The van der Waals surface area contributed by atoms with Gasteiger partial charge in [0.1, 0.15) is 5.69 Å². The van der Waals surface area contributed by atoms with Crippen molar-refractivity contribution in [1.82, 2.24) is 15.6 Å². The molecule has 1 aromatic rings. The first-order chi connectivity index (χ1) is 9.15. The van der Waals surface area contributed by atoms with E-state index in [4.69, 9.17) is 11.6 Å². The molecule has 0 aliphatic heterocycles. The van der Waals surface area contributed by atoms with E-state index in [9.17, 15) is 0 Å². The van der Waals surface area contributed by atoms with Crippen molar-refractivity contribution in [3.63, 3.8) is 0 Å². The maximum Gasteiger partial charge on any atom is 0.154 e. The van der Waals surface area contributed by atoms with E-state index >= 15 is 0 Å². The maximum atomic E-state index is 6.04. The fraction of sp³-hybridized carbons (Fsp3) is 0.643. The first kappa shape index (κ1) is 14.3. The van der Waals surface area contributed by atoms with E-state index < -0.39 is 0 Å². The molecule has 1 saturated carbocycles. The maximum absolute atomic E-state index is 6.04. The molecule has 19 heavy (non-hydrogen) atoms. The minimum Gasteiger partial charge on any atom is -0.307 e. The van der Waals surface area contributed by atoms with Gasteiger partial charge in [-0.25, -0.2) is 0 Å². The Hall–Kier alpha value is -1.16. The smallest absolute Gasteiger partial charge is 0.154 e. The highest BCUT2D eigenvalue weighted by molar-refractivity contribution is 6.30. The summed E-state index contributed by atoms with van der Waals surface area (Å²) in [6, 6.07) is 2.49. The Labute approximate surface area is 119 Å². The van der Waals surface area contributed by atoms with Crippen molar-refractivity contribution in [1.29, 1.82) is 0 Å². The van der Waals surface area contributed by atoms with Gasteiger partial charge in [0.15, 0.2) is 5.15 Å². The van der Waals surface area contributed by atoms with E-state index in [2.05, 4.69) is 34.6 Å². The van der Waals surface area contributed by atoms with Crippen LogP contribution in [-0.4, -0.2) is 22.5 Å². The molecule has 1 aromatic heterocycles. The van der Waals surface area contributed by atoms with Gasteiger partial charge in [-0.1, -0.05) is 38.3 Å². The van der Waals surface area contributed by atoms with Gasteiger partial charge in [-0.3, -0.25) is 0 Å². The average Bonchev–Trinajstić information content (AvgIpc) is 2.86. The Bertz CT molecular complexity index is 439. The lowest BCUT2D eigenvalue weighted by molar-refractivity contribution is 0.548. The SMILES string of the molecule is CC(C)Cc1cc(C=NNC2CCCC2)nnc1Cl. The summed E-state index contributed by atoms with van der Waals surface area (Å²) >= 11 is 6.04. The molecular weight excluding hydrogens is 260 g/mol. The molecule has 2 rings (SSSR count). The van der Waals surface area contributed by atoms with Crippen LogP contribution in [0.2, 0.25) is 5.15 Å². The summed E-state index contributed by atoms with van der Waals surface area (Å²) in [5.41, 5.74) is 4.96. The zero-order chi connectivity index (χ0) is 13.7. The van der Waals surface area contributed by atoms with Gasteiger partial charge >= 0.3 is 0 Å². The van der Waals surface area contributed by atoms with E-state index in [0.717, 1.165) is 17.7 Å². The molecule has 0 spiro atoms. The van der Waals surface area contributed by atoms with E-state index in [1.165, 1.54) is 25.7 Å². The van der Waals surface area contributed by atoms with Gasteiger partial charge in [0, 0.05) is 6.04 Å². The Morgan fingerprint density at radius 3 is 2.84 bits per heavy atom. The standard InChI is InChI=1S/C14H21ClN4/c1-10(2)7-11-8-13(18-19-14(11)15)9-16-17-12-5-3-4-6-12/h8-10,12,17H,3-7H2,1-2H3. The number of nitrogens with zero attached hydrogens (tertiary/aromatic N) is 3. The Kier molecular flexibility index (Phi) is 5.14. The molecule has 0 saturated heterocycles. The van der Waals surface area contributed by atoms with Crippen LogP contribution in [0.5, 0.6) is 0 Å². The fourth-order valence-electron chi connectivity index (χ4n) is 2.34. The van der Waals surface area contributed by atoms with E-state index in [0.29, 0.717) is 17.1 Å². The molecule has 0 radical (unpaired) electrons. The van der Waals surface area contributed by atoms with Gasteiger partial charge in [-0.05, 0) is 36.8 Å². The molecule has 0 atom stereocenters. The first-order valence-corrected chi connectivity index (χ1v) is 7.33. The monoisotopic (exact) mass is 280 g/mol. The number of aromatic nitrogens is 2. The highest BCUT2D eigenvalue weighted by atomic mass is 35.5. The van der Waals surface area contributed by atoms with Gasteiger partial charge in [-0.15, -0.1) is 10.2 Å². The first-order valence-electron chi connectivity index (χ1n) is 6.96. The Morgan fingerprint density at radius 2 is 2.16 bits per heavy atom. The molecule has 5 heteroatoms. The van der Waals surface area contributed by atoms with E-state index in [1.807, 2.05) is 6.07 Å². The Balaban J connectivity index is 1.97. The number of hydrogen-bond donors (Lipinski definition) is 1. The molecule has 1 aliphatic carbocycles. The van der Waals surface area contributed by atoms with Crippen LogP contribution in [0.4, 0.5) is 0 Å². The number of hydrogen-bond acceptors (Lipinski definition) is 4. The largest absolute Gasteiger partial charge is 0.307 e. The molecule has 1 fully saturated rings. The number of rotatable bonds is 5. The fourth-order valence-corrected chi connectivity index (χ4v) is 2.51. The highest BCUT2D eigenvalue weighted by Gasteiger charge is 2.13. The van der Waals surface area contributed by atoms with Crippen molar-refractivity contribution in [2.75, 3.05) is 0 Å². The molecule has 104 valence electrons. The lowest BCUT2D eigenvalue weighted by Crippen LogP contribution is -2.20. The third-order valence-electron chi connectivity index (χ3n) is 3.28. The van der Waals surface area contributed by atoms with Gasteiger partial charge in [0.05, 0.1) is 6.21 Å². The third-order valence-corrected chi connectivity index (χ3v) is 3.60. The Morgan fingerprint density at radius 1 is 1.42 bits per heavy atom. The molecule has 0 unspecified atom stereocenters. The molecule has 1 heterocycles. The summed E-state index contributed by atoms with van der Waals surface area (Å²) in [5.74, 6) is 0.545. The lowest BCUT2D eigenvalue weighted by Gasteiger charge is -2.08. The number of hydrazone groups is 1. The predicted molar refractivity (Wildman–Crippen MR) is 78.6 cm³/mol. The van der Waals surface area contributed by atoms with Crippen LogP contribution in [0.15, 0.2) is 11.2 Å². The van der Waals surface area contributed by atoms with Gasteiger partial charge in [0.25, 0.3) is 0 Å². The van der Waals surface area contributed by atoms with Crippen LogP contribution in [-0.2, 0) is 6.42 Å². The van der Waals surface area contributed by atoms with Crippen molar-refractivity contribution >= 4 is 17.8 Å². The molecule has 0 aromatic carbocycles. The molecular formula is C14H21ClN4. The topological polar surface area (TPSA) is 50.2 Å². The number of nitrogens with one attached hydrogen (secondary N) is 1. The van der Waals surface area contributed by atoms with Gasteiger partial charge in [0.2, 0.25) is 0 Å². The van der Waals surface area contributed by atoms with Crippen LogP contribution in [0.3, 0.4) is 0 Å².